The molecule has 1 fully saturated rings. The zero-order valence-electron chi connectivity index (χ0n) is 11.4. The molecule has 0 aliphatic heterocycles. The van der Waals surface area contributed by atoms with Crippen molar-refractivity contribution in [3.63, 3.8) is 0 Å². The Morgan fingerprint density at radius 2 is 2.24 bits per heavy atom. The van der Waals surface area contributed by atoms with Crippen LogP contribution in [0.5, 0.6) is 5.88 Å². The highest BCUT2D eigenvalue weighted by atomic mass is 16.5. The van der Waals surface area contributed by atoms with Gasteiger partial charge in [0.1, 0.15) is 5.76 Å². The molecule has 0 unspecified atom stereocenters. The van der Waals surface area contributed by atoms with Crippen LogP contribution >= 0.6 is 0 Å². The van der Waals surface area contributed by atoms with Crippen molar-refractivity contribution < 1.29 is 13.7 Å². The summed E-state index contributed by atoms with van der Waals surface area (Å²) in [6, 6.07) is 7.49. The fraction of sp³-hybridized carbons (Fsp3) is 0.267. The van der Waals surface area contributed by atoms with Gasteiger partial charge >= 0.3 is 0 Å². The third-order valence-corrected chi connectivity index (χ3v) is 3.66. The lowest BCUT2D eigenvalue weighted by Gasteiger charge is -1.98. The highest BCUT2D eigenvalue weighted by molar-refractivity contribution is 5.55. The minimum atomic E-state index is 0.251. The molecule has 6 heteroatoms. The third-order valence-electron chi connectivity index (χ3n) is 3.66. The van der Waals surface area contributed by atoms with Crippen molar-refractivity contribution in [1.82, 2.24) is 15.1 Å². The van der Waals surface area contributed by atoms with Crippen LogP contribution in [0.15, 0.2) is 45.7 Å². The lowest BCUT2D eigenvalue weighted by molar-refractivity contribution is 0.376. The van der Waals surface area contributed by atoms with Gasteiger partial charge in [0.25, 0.3) is 0 Å². The lowest BCUT2D eigenvalue weighted by atomic mass is 10.2. The number of hydrogen-bond acceptors (Lipinski definition) is 6. The van der Waals surface area contributed by atoms with Crippen LogP contribution in [0.4, 0.5) is 0 Å². The Hall–Kier alpha value is -2.63. The number of nitrogens with zero attached hydrogens (tertiary/aromatic N) is 3. The number of ether oxygens (including phenoxy) is 1. The minimum absolute atomic E-state index is 0.251. The van der Waals surface area contributed by atoms with E-state index in [2.05, 4.69) is 15.1 Å². The van der Waals surface area contributed by atoms with Gasteiger partial charge < -0.3 is 13.7 Å². The van der Waals surface area contributed by atoms with Gasteiger partial charge in [0, 0.05) is 29.7 Å². The molecule has 1 aliphatic carbocycles. The van der Waals surface area contributed by atoms with Gasteiger partial charge in [-0.2, -0.15) is 4.98 Å². The molecule has 0 aromatic carbocycles. The van der Waals surface area contributed by atoms with Crippen LogP contribution in [0.1, 0.15) is 29.9 Å². The summed E-state index contributed by atoms with van der Waals surface area (Å²) in [7, 11) is 1.58. The molecule has 0 bridgehead atoms. The molecule has 0 radical (unpaired) electrons. The van der Waals surface area contributed by atoms with E-state index in [9.17, 15) is 0 Å². The fourth-order valence-corrected chi connectivity index (χ4v) is 2.45. The van der Waals surface area contributed by atoms with Crippen molar-refractivity contribution in [1.29, 1.82) is 0 Å². The zero-order chi connectivity index (χ0) is 14.2. The SMILES string of the molecule is COc1cc(-c2noc([C@H]3C[C@H]3c3ccco3)n2)ccn1. The average Bonchev–Trinajstić information content (AvgIpc) is 2.97. The van der Waals surface area contributed by atoms with E-state index in [0.29, 0.717) is 23.5 Å². The number of hydrogen-bond donors (Lipinski definition) is 0. The Balaban J connectivity index is 1.56. The monoisotopic (exact) mass is 283 g/mol. The van der Waals surface area contributed by atoms with E-state index in [0.717, 1.165) is 17.7 Å². The van der Waals surface area contributed by atoms with E-state index in [-0.39, 0.29) is 5.92 Å². The first kappa shape index (κ1) is 12.1. The second-order valence-electron chi connectivity index (χ2n) is 5.01. The average molecular weight is 283 g/mol. The normalized spacial score (nSPS) is 20.4. The second-order valence-corrected chi connectivity index (χ2v) is 5.01. The molecule has 1 aliphatic rings. The maximum absolute atomic E-state index is 5.42. The van der Waals surface area contributed by atoms with Crippen molar-refractivity contribution in [2.75, 3.05) is 7.11 Å². The van der Waals surface area contributed by atoms with E-state index in [1.54, 1.807) is 25.6 Å². The smallest absolute Gasteiger partial charge is 0.230 e. The maximum Gasteiger partial charge on any atom is 0.230 e. The molecule has 4 rings (SSSR count). The first-order valence-electron chi connectivity index (χ1n) is 6.72. The molecule has 3 aromatic heterocycles. The number of rotatable bonds is 4. The van der Waals surface area contributed by atoms with E-state index in [4.69, 9.17) is 13.7 Å². The standard InChI is InChI=1S/C15H13N3O3/c1-19-13-7-9(4-5-16-13)14-17-15(21-18-14)11-8-10(11)12-3-2-6-20-12/h2-7,10-11H,8H2,1H3/t10-,11+/m1/s1. The summed E-state index contributed by atoms with van der Waals surface area (Å²) in [5, 5.41) is 4.04. The predicted octanol–water partition coefficient (Wildman–Crippen LogP) is 3.00. The highest BCUT2D eigenvalue weighted by Crippen LogP contribution is 2.54. The van der Waals surface area contributed by atoms with Gasteiger partial charge in [-0.15, -0.1) is 0 Å². The molecular formula is C15H13N3O3. The number of pyridine rings is 1. The topological polar surface area (TPSA) is 74.2 Å². The van der Waals surface area contributed by atoms with Crippen LogP contribution in [0.3, 0.4) is 0 Å². The number of aromatic nitrogens is 3. The number of methoxy groups -OCH3 is 1. The summed E-state index contributed by atoms with van der Waals surface area (Å²) in [5.74, 6) is 3.31. The summed E-state index contributed by atoms with van der Waals surface area (Å²) in [5.41, 5.74) is 0.826. The molecule has 0 amide bonds. The summed E-state index contributed by atoms with van der Waals surface area (Å²) in [4.78, 5) is 8.54. The van der Waals surface area contributed by atoms with Crippen molar-refractivity contribution in [3.05, 3.63) is 48.4 Å². The molecular weight excluding hydrogens is 270 g/mol. The molecule has 3 aromatic rings. The quantitative estimate of drug-likeness (QED) is 0.732. The fourth-order valence-electron chi connectivity index (χ4n) is 2.45. The van der Waals surface area contributed by atoms with Crippen molar-refractivity contribution in [3.8, 4) is 17.3 Å². The molecule has 106 valence electrons. The third kappa shape index (κ3) is 2.18. The van der Waals surface area contributed by atoms with Gasteiger partial charge in [0.05, 0.1) is 13.4 Å². The second kappa shape index (κ2) is 4.73. The Morgan fingerprint density at radius 3 is 3.05 bits per heavy atom. The summed E-state index contributed by atoms with van der Waals surface area (Å²) in [6.07, 6.45) is 4.33. The van der Waals surface area contributed by atoms with Crippen LogP contribution in [-0.2, 0) is 0 Å². The van der Waals surface area contributed by atoms with Gasteiger partial charge in [-0.1, -0.05) is 5.16 Å². The molecule has 21 heavy (non-hydrogen) atoms. The van der Waals surface area contributed by atoms with Crippen LogP contribution in [0.25, 0.3) is 11.4 Å². The van der Waals surface area contributed by atoms with E-state index in [1.807, 2.05) is 18.2 Å². The summed E-state index contributed by atoms with van der Waals surface area (Å²) in [6.45, 7) is 0. The minimum Gasteiger partial charge on any atom is -0.481 e. The highest BCUT2D eigenvalue weighted by Gasteiger charge is 2.45. The van der Waals surface area contributed by atoms with Crippen molar-refractivity contribution >= 4 is 0 Å². The molecule has 6 nitrogen and oxygen atoms in total. The Morgan fingerprint density at radius 1 is 1.29 bits per heavy atom. The van der Waals surface area contributed by atoms with Crippen LogP contribution in [-0.4, -0.2) is 22.2 Å². The summed E-state index contributed by atoms with van der Waals surface area (Å²) >= 11 is 0. The Labute approximate surface area is 120 Å². The van der Waals surface area contributed by atoms with E-state index in [1.165, 1.54) is 0 Å². The van der Waals surface area contributed by atoms with Gasteiger partial charge in [-0.05, 0) is 24.6 Å². The first-order valence-corrected chi connectivity index (χ1v) is 6.72. The Bertz CT molecular complexity index is 751. The van der Waals surface area contributed by atoms with Crippen molar-refractivity contribution in [2.24, 2.45) is 0 Å². The number of furan rings is 1. The van der Waals surface area contributed by atoms with Gasteiger partial charge in [-0.3, -0.25) is 0 Å². The van der Waals surface area contributed by atoms with Crippen LogP contribution < -0.4 is 4.74 Å². The summed E-state index contributed by atoms with van der Waals surface area (Å²) < 4.78 is 15.9. The molecule has 1 saturated carbocycles. The largest absolute Gasteiger partial charge is 0.481 e. The Kier molecular flexibility index (Phi) is 2.73. The maximum atomic E-state index is 5.42. The molecule has 3 heterocycles. The first-order chi connectivity index (χ1) is 10.3. The molecule has 0 saturated heterocycles. The lowest BCUT2D eigenvalue weighted by Crippen LogP contribution is -1.89. The van der Waals surface area contributed by atoms with Crippen molar-refractivity contribution in [2.45, 2.75) is 18.3 Å². The molecule has 0 N–H and O–H groups in total. The van der Waals surface area contributed by atoms with Gasteiger partial charge in [0.15, 0.2) is 0 Å². The van der Waals surface area contributed by atoms with Crippen LogP contribution in [0.2, 0.25) is 0 Å². The molecule has 2 atom stereocenters. The van der Waals surface area contributed by atoms with E-state index < -0.39 is 0 Å². The zero-order valence-corrected chi connectivity index (χ0v) is 11.4. The van der Waals surface area contributed by atoms with Gasteiger partial charge in [-0.25, -0.2) is 4.98 Å². The molecule has 0 spiro atoms. The van der Waals surface area contributed by atoms with E-state index >= 15 is 0 Å². The predicted molar refractivity (Wildman–Crippen MR) is 72.9 cm³/mol. The van der Waals surface area contributed by atoms with Gasteiger partial charge in [0.2, 0.25) is 17.6 Å². The van der Waals surface area contributed by atoms with Crippen LogP contribution in [0, 0.1) is 0 Å².